The molecule has 0 saturated carbocycles. The second-order valence-electron chi connectivity index (χ2n) is 5.22. The topological polar surface area (TPSA) is 37.4 Å². The predicted molar refractivity (Wildman–Crippen MR) is 89.1 cm³/mol. The van der Waals surface area contributed by atoms with E-state index in [1.54, 1.807) is 21.7 Å². The Kier molecular flexibility index (Phi) is 4.23. The number of halogens is 1. The number of sulfonamides is 1. The van der Waals surface area contributed by atoms with Gasteiger partial charge in [-0.25, -0.2) is 8.42 Å². The first-order chi connectivity index (χ1) is 10.00. The molecule has 112 valence electrons. The van der Waals surface area contributed by atoms with Gasteiger partial charge in [0.15, 0.2) is 0 Å². The fourth-order valence-corrected chi connectivity index (χ4v) is 6.50. The molecule has 3 rings (SSSR count). The molecule has 1 saturated heterocycles. The largest absolute Gasteiger partial charge is 0.244 e. The van der Waals surface area contributed by atoms with E-state index in [2.05, 4.69) is 15.9 Å². The summed E-state index contributed by atoms with van der Waals surface area (Å²) in [6.07, 6.45) is 1.80. The molecule has 21 heavy (non-hydrogen) atoms. The highest BCUT2D eigenvalue weighted by molar-refractivity contribution is 9.10. The molecule has 0 aliphatic carbocycles. The lowest BCUT2D eigenvalue weighted by Crippen LogP contribution is -2.30. The van der Waals surface area contributed by atoms with E-state index in [1.807, 2.05) is 36.6 Å². The van der Waals surface area contributed by atoms with Crippen molar-refractivity contribution in [2.24, 2.45) is 0 Å². The van der Waals surface area contributed by atoms with Crippen LogP contribution < -0.4 is 0 Å². The van der Waals surface area contributed by atoms with E-state index in [1.165, 1.54) is 0 Å². The molecule has 0 bridgehead atoms. The fourth-order valence-electron chi connectivity index (χ4n) is 2.73. The lowest BCUT2D eigenvalue weighted by Gasteiger charge is -2.24. The molecule has 1 aromatic carbocycles. The van der Waals surface area contributed by atoms with Crippen LogP contribution in [0, 0.1) is 6.92 Å². The minimum atomic E-state index is -3.47. The zero-order valence-electron chi connectivity index (χ0n) is 11.6. The Hall–Kier alpha value is -0.690. The Balaban J connectivity index is 2.01. The molecule has 2 aromatic rings. The van der Waals surface area contributed by atoms with Crippen molar-refractivity contribution in [1.82, 2.24) is 4.31 Å². The smallest absolute Gasteiger partial charge is 0.207 e. The molecule has 1 atom stereocenters. The fraction of sp³-hybridized carbons (Fsp3) is 0.333. The van der Waals surface area contributed by atoms with Gasteiger partial charge in [-0.15, -0.1) is 11.3 Å². The summed E-state index contributed by atoms with van der Waals surface area (Å²) in [5.41, 5.74) is 1.04. The van der Waals surface area contributed by atoms with Crippen LogP contribution >= 0.6 is 27.3 Å². The van der Waals surface area contributed by atoms with Gasteiger partial charge in [0.1, 0.15) is 0 Å². The van der Waals surface area contributed by atoms with Gasteiger partial charge >= 0.3 is 0 Å². The zero-order valence-corrected chi connectivity index (χ0v) is 14.8. The maximum atomic E-state index is 13.0. The molecule has 1 unspecified atom stereocenters. The molecular weight excluding hydrogens is 370 g/mol. The summed E-state index contributed by atoms with van der Waals surface area (Å²) in [4.78, 5) is 1.48. The number of rotatable bonds is 3. The third-order valence-electron chi connectivity index (χ3n) is 3.75. The minimum absolute atomic E-state index is 0.0248. The minimum Gasteiger partial charge on any atom is -0.207 e. The summed E-state index contributed by atoms with van der Waals surface area (Å²) in [6, 6.07) is 9.36. The lowest BCUT2D eigenvalue weighted by atomic mass is 10.2. The molecular formula is C15H16BrNO2S2. The van der Waals surface area contributed by atoms with Crippen LogP contribution in [0.2, 0.25) is 0 Å². The average molecular weight is 386 g/mol. The molecule has 1 aliphatic rings. The number of nitrogens with zero attached hydrogens (tertiary/aromatic N) is 1. The zero-order chi connectivity index (χ0) is 15.0. The van der Waals surface area contributed by atoms with Gasteiger partial charge in [-0.2, -0.15) is 4.31 Å². The highest BCUT2D eigenvalue weighted by Crippen LogP contribution is 2.39. The van der Waals surface area contributed by atoms with Crippen molar-refractivity contribution < 1.29 is 8.42 Å². The van der Waals surface area contributed by atoms with Crippen molar-refractivity contribution in [3.8, 4) is 0 Å². The van der Waals surface area contributed by atoms with Gasteiger partial charge in [0.05, 0.1) is 10.9 Å². The summed E-state index contributed by atoms with van der Waals surface area (Å²) in [6.45, 7) is 2.54. The summed E-state index contributed by atoms with van der Waals surface area (Å²) < 4.78 is 28.2. The molecule has 0 N–H and O–H groups in total. The first kappa shape index (κ1) is 15.2. The van der Waals surface area contributed by atoms with E-state index in [4.69, 9.17) is 0 Å². The third-order valence-corrected chi connectivity index (χ3v) is 7.61. The lowest BCUT2D eigenvalue weighted by molar-refractivity contribution is 0.400. The van der Waals surface area contributed by atoms with Crippen molar-refractivity contribution in [3.05, 3.63) is 50.6 Å². The van der Waals surface area contributed by atoms with Crippen LogP contribution in [0.4, 0.5) is 0 Å². The van der Waals surface area contributed by atoms with E-state index in [0.29, 0.717) is 15.9 Å². The predicted octanol–water partition coefficient (Wildman–Crippen LogP) is 4.34. The van der Waals surface area contributed by atoms with Crippen molar-refractivity contribution in [3.63, 3.8) is 0 Å². The second kappa shape index (κ2) is 5.83. The van der Waals surface area contributed by atoms with Crippen LogP contribution in [0.3, 0.4) is 0 Å². The van der Waals surface area contributed by atoms with E-state index in [9.17, 15) is 8.42 Å². The van der Waals surface area contributed by atoms with Gasteiger partial charge in [-0.05, 0) is 64.8 Å². The number of thiophene rings is 1. The Morgan fingerprint density at radius 3 is 2.81 bits per heavy atom. The maximum Gasteiger partial charge on any atom is 0.244 e. The molecule has 0 radical (unpaired) electrons. The van der Waals surface area contributed by atoms with Gasteiger partial charge in [-0.1, -0.05) is 12.1 Å². The first-order valence-corrected chi connectivity index (χ1v) is 9.93. The van der Waals surface area contributed by atoms with Crippen molar-refractivity contribution in [2.75, 3.05) is 6.54 Å². The van der Waals surface area contributed by atoms with Crippen LogP contribution in [0.1, 0.15) is 29.3 Å². The van der Waals surface area contributed by atoms with E-state index < -0.39 is 10.0 Å². The average Bonchev–Trinajstić information content (AvgIpc) is 3.09. The highest BCUT2D eigenvalue weighted by Gasteiger charge is 2.37. The third kappa shape index (κ3) is 2.82. The second-order valence-corrected chi connectivity index (χ2v) is 8.92. The molecule has 0 spiro atoms. The first-order valence-electron chi connectivity index (χ1n) is 6.81. The van der Waals surface area contributed by atoms with Crippen LogP contribution in [0.25, 0.3) is 0 Å². The van der Waals surface area contributed by atoms with Crippen LogP contribution in [0.5, 0.6) is 0 Å². The number of benzene rings is 1. The van der Waals surface area contributed by atoms with E-state index >= 15 is 0 Å². The number of hydrogen-bond acceptors (Lipinski definition) is 3. The molecule has 0 amide bonds. The van der Waals surface area contributed by atoms with Gasteiger partial charge in [0.2, 0.25) is 10.0 Å². The number of hydrogen-bond donors (Lipinski definition) is 0. The summed E-state index contributed by atoms with van der Waals surface area (Å²) in [5.74, 6) is 0. The molecule has 6 heteroatoms. The van der Waals surface area contributed by atoms with Crippen molar-refractivity contribution in [2.45, 2.75) is 30.7 Å². The molecule has 1 fully saturated rings. The Morgan fingerprint density at radius 1 is 1.33 bits per heavy atom. The highest BCUT2D eigenvalue weighted by atomic mass is 79.9. The summed E-state index contributed by atoms with van der Waals surface area (Å²) in [5, 5.41) is 2.00. The molecule has 1 aromatic heterocycles. The van der Waals surface area contributed by atoms with Gasteiger partial charge in [0.25, 0.3) is 0 Å². The summed E-state index contributed by atoms with van der Waals surface area (Å²) in [7, 11) is -3.47. The molecule has 3 nitrogen and oxygen atoms in total. The SMILES string of the molecule is Cc1ccc(S(=O)(=O)N2CCCC2c2cccs2)c(Br)c1. The standard InChI is InChI=1S/C15H16BrNO2S2/c1-11-6-7-15(12(16)10-11)21(18,19)17-8-2-4-13(17)14-5-3-9-20-14/h3,5-7,9-10,13H,2,4,8H2,1H3. The normalized spacial score (nSPS) is 20.0. The van der Waals surface area contributed by atoms with Crippen LogP contribution in [-0.4, -0.2) is 19.3 Å². The van der Waals surface area contributed by atoms with Crippen molar-refractivity contribution >= 4 is 37.3 Å². The quantitative estimate of drug-likeness (QED) is 0.787. The van der Waals surface area contributed by atoms with Crippen LogP contribution in [0.15, 0.2) is 45.1 Å². The molecule has 2 heterocycles. The maximum absolute atomic E-state index is 13.0. The monoisotopic (exact) mass is 385 g/mol. The summed E-state index contributed by atoms with van der Waals surface area (Å²) >= 11 is 5.02. The van der Waals surface area contributed by atoms with E-state index in [0.717, 1.165) is 23.3 Å². The van der Waals surface area contributed by atoms with Gasteiger partial charge in [-0.3, -0.25) is 0 Å². The molecule has 1 aliphatic heterocycles. The van der Waals surface area contributed by atoms with Gasteiger partial charge in [0, 0.05) is 15.9 Å². The van der Waals surface area contributed by atoms with E-state index in [-0.39, 0.29) is 6.04 Å². The Bertz CT molecular complexity index is 741. The van der Waals surface area contributed by atoms with Crippen LogP contribution in [-0.2, 0) is 10.0 Å². The van der Waals surface area contributed by atoms with Crippen molar-refractivity contribution in [1.29, 1.82) is 0 Å². The Labute approximate surface area is 137 Å². The number of aryl methyl sites for hydroxylation is 1. The Morgan fingerprint density at radius 2 is 2.14 bits per heavy atom. The van der Waals surface area contributed by atoms with Gasteiger partial charge < -0.3 is 0 Å².